The van der Waals surface area contributed by atoms with Gasteiger partial charge in [-0.1, -0.05) is 0 Å². The average Bonchev–Trinajstić information content (AvgIpc) is 2.46. The van der Waals surface area contributed by atoms with Gasteiger partial charge in [0.2, 0.25) is 0 Å². The van der Waals surface area contributed by atoms with Crippen LogP contribution in [-0.4, -0.2) is 60.3 Å². The molecule has 16 heteroatoms. The molecule has 0 aromatic heterocycles. The summed E-state index contributed by atoms with van der Waals surface area (Å²) < 4.78 is 0. The van der Waals surface area contributed by atoms with Crippen molar-refractivity contribution >= 4 is 35.3 Å². The van der Waals surface area contributed by atoms with Crippen LogP contribution in [-0.2, 0) is 19.2 Å². The van der Waals surface area contributed by atoms with E-state index in [2.05, 4.69) is 0 Å². The Kier molecular flexibility index (Phi) is 26.8. The van der Waals surface area contributed by atoms with Crippen molar-refractivity contribution in [2.45, 2.75) is 0 Å². The molecule has 0 unspecified atom stereocenters. The van der Waals surface area contributed by atoms with E-state index in [1.165, 1.54) is 0 Å². The molecule has 0 atom stereocenters. The fraction of sp³-hybridized carbons (Fsp3) is 0.286. The van der Waals surface area contributed by atoms with Gasteiger partial charge in [0.05, 0.1) is 61.4 Å². The van der Waals surface area contributed by atoms with Crippen molar-refractivity contribution in [3.63, 3.8) is 0 Å². The summed E-state index contributed by atoms with van der Waals surface area (Å²) in [6, 6.07) is 1.90. The molecule has 0 aliphatic carbocycles. The molecule has 142 valence electrons. The number of phenols is 2. The largest absolute Gasteiger partial charge is 1.00 e. The number of aromatic hydroxyl groups is 2. The number of rotatable bonds is 10. The van der Waals surface area contributed by atoms with Crippen LogP contribution in [0.4, 0.5) is 11.4 Å². The molecule has 30 heavy (non-hydrogen) atoms. The maximum absolute atomic E-state index is 10.7. The Labute approximate surface area is 341 Å². The Morgan fingerprint density at radius 2 is 0.800 bits per heavy atom. The third-order valence-corrected chi connectivity index (χ3v) is 3.07. The van der Waals surface area contributed by atoms with Crippen LogP contribution in [0, 0.1) is 0 Å². The summed E-state index contributed by atoms with van der Waals surface area (Å²) in [6.07, 6.45) is 0. The molecular formula is C14H12K4N2O10. The molecule has 0 heterocycles. The zero-order valence-electron chi connectivity index (χ0n) is 17.0. The summed E-state index contributed by atoms with van der Waals surface area (Å²) in [5.41, 5.74) is -0.886. The van der Waals surface area contributed by atoms with E-state index in [-0.39, 0.29) is 206 Å². The van der Waals surface area contributed by atoms with Gasteiger partial charge in [-0.05, 0) is 12.1 Å². The van der Waals surface area contributed by atoms with Crippen molar-refractivity contribution in [1.82, 2.24) is 0 Å². The molecule has 0 bridgehead atoms. The quantitative estimate of drug-likeness (QED) is 0.216. The van der Waals surface area contributed by atoms with Gasteiger partial charge in [0.15, 0.2) is 11.5 Å². The van der Waals surface area contributed by atoms with Gasteiger partial charge in [-0.25, -0.2) is 0 Å². The summed E-state index contributed by atoms with van der Waals surface area (Å²) in [5.74, 6) is -8.78. The number of anilines is 2. The number of carbonyl (C=O) groups is 4. The van der Waals surface area contributed by atoms with E-state index in [1.807, 2.05) is 0 Å². The van der Waals surface area contributed by atoms with Crippen LogP contribution in [0.1, 0.15) is 0 Å². The molecule has 0 aliphatic heterocycles. The number of hydrogen-bond donors (Lipinski definition) is 2. The molecule has 0 saturated carbocycles. The van der Waals surface area contributed by atoms with Crippen LogP contribution < -0.4 is 236 Å². The predicted molar refractivity (Wildman–Crippen MR) is 74.2 cm³/mol. The number of benzene rings is 1. The van der Waals surface area contributed by atoms with Gasteiger partial charge < -0.3 is 59.6 Å². The molecule has 0 aliphatic rings. The minimum Gasteiger partial charge on any atom is -0.548 e. The molecule has 2 N–H and O–H groups in total. The zero-order valence-corrected chi connectivity index (χ0v) is 29.5. The first-order chi connectivity index (χ1) is 12.0. The van der Waals surface area contributed by atoms with Crippen LogP contribution in [0.25, 0.3) is 0 Å². The number of hydrogen-bond acceptors (Lipinski definition) is 12. The van der Waals surface area contributed by atoms with Crippen LogP contribution in [0.2, 0.25) is 0 Å². The summed E-state index contributed by atoms with van der Waals surface area (Å²) in [7, 11) is 0. The van der Waals surface area contributed by atoms with Crippen LogP contribution in [0.5, 0.6) is 11.5 Å². The zero-order chi connectivity index (χ0) is 20.0. The molecule has 0 spiro atoms. The molecule has 0 saturated heterocycles. The van der Waals surface area contributed by atoms with Gasteiger partial charge in [-0.15, -0.1) is 0 Å². The fourth-order valence-corrected chi connectivity index (χ4v) is 2.14. The Balaban J connectivity index is -0.000000845. The Hall–Kier alpha value is 2.85. The number of aliphatic carboxylic acids is 4. The summed E-state index contributed by atoms with van der Waals surface area (Å²) >= 11 is 0. The van der Waals surface area contributed by atoms with Crippen LogP contribution >= 0.6 is 0 Å². The van der Waals surface area contributed by atoms with Crippen molar-refractivity contribution in [2.24, 2.45) is 0 Å². The Morgan fingerprint density at radius 1 is 0.600 bits per heavy atom. The molecule has 12 nitrogen and oxygen atoms in total. The van der Waals surface area contributed by atoms with Gasteiger partial charge in [0, 0.05) is 0 Å². The SMILES string of the molecule is O=C([O-])CN(CC(=O)[O-])c1ccc(N(CC(=O)[O-])CC(=O)[O-])c(O)c1O.[K+].[K+].[K+].[K+]. The van der Waals surface area contributed by atoms with Crippen molar-refractivity contribution in [3.05, 3.63) is 12.1 Å². The molecule has 0 amide bonds. The monoisotopic (exact) mass is 524 g/mol. The standard InChI is InChI=1S/C14H16N2O10.4K/c17-9(18)3-15(4-10(19)20)7-1-2-8(14(26)13(7)25)16(5-11(21)22)6-12(23)24;;;;/h1-2,25-26H,3-6H2,(H,17,18)(H,19,20)(H,21,22)(H,23,24);;;;/q;4*+1/p-4. The third-order valence-electron chi connectivity index (χ3n) is 3.07. The number of phenolic OH excluding ortho intramolecular Hbond substituents is 2. The van der Waals surface area contributed by atoms with E-state index < -0.39 is 72.9 Å². The van der Waals surface area contributed by atoms with Crippen molar-refractivity contribution in [3.8, 4) is 11.5 Å². The van der Waals surface area contributed by atoms with E-state index in [9.17, 15) is 49.8 Å². The molecule has 0 radical (unpaired) electrons. The Morgan fingerprint density at radius 3 is 0.967 bits per heavy atom. The second kappa shape index (κ2) is 20.1. The molecule has 1 aromatic carbocycles. The maximum atomic E-state index is 10.7. The maximum Gasteiger partial charge on any atom is 1.00 e. The topological polar surface area (TPSA) is 207 Å². The van der Waals surface area contributed by atoms with Crippen molar-refractivity contribution < 1.29 is 255 Å². The second-order valence-electron chi connectivity index (χ2n) is 5.00. The average molecular weight is 525 g/mol. The number of carbonyl (C=O) groups excluding carboxylic acids is 4. The number of nitrogens with zero attached hydrogens (tertiary/aromatic N) is 2. The minimum atomic E-state index is -1.69. The molecule has 1 rings (SSSR count). The van der Waals surface area contributed by atoms with E-state index in [4.69, 9.17) is 0 Å². The number of carboxylic acids is 4. The van der Waals surface area contributed by atoms with Gasteiger partial charge in [-0.3, -0.25) is 0 Å². The first-order valence-corrected chi connectivity index (χ1v) is 6.87. The van der Waals surface area contributed by atoms with Gasteiger partial charge in [0.1, 0.15) is 0 Å². The van der Waals surface area contributed by atoms with Gasteiger partial charge >= 0.3 is 206 Å². The van der Waals surface area contributed by atoms with Gasteiger partial charge in [0.25, 0.3) is 0 Å². The second-order valence-corrected chi connectivity index (χ2v) is 5.00. The molecule has 1 aromatic rings. The van der Waals surface area contributed by atoms with E-state index in [0.717, 1.165) is 12.1 Å². The summed E-state index contributed by atoms with van der Waals surface area (Å²) in [6.45, 7) is -3.88. The predicted octanol–water partition coefficient (Wildman–Crippen LogP) is -18.3. The fourth-order valence-electron chi connectivity index (χ4n) is 2.14. The third kappa shape index (κ3) is 14.3. The minimum absolute atomic E-state index is 0. The van der Waals surface area contributed by atoms with E-state index in [0.29, 0.717) is 9.80 Å². The first-order valence-electron chi connectivity index (χ1n) is 6.87. The van der Waals surface area contributed by atoms with Crippen molar-refractivity contribution in [2.75, 3.05) is 36.0 Å². The van der Waals surface area contributed by atoms with E-state index >= 15 is 0 Å². The Bertz CT molecular complexity index is 657. The molecular weight excluding hydrogens is 513 g/mol. The summed E-state index contributed by atoms with van der Waals surface area (Å²) in [4.78, 5) is 44.1. The van der Waals surface area contributed by atoms with Crippen LogP contribution in [0.15, 0.2) is 12.1 Å². The normalized spacial score (nSPS) is 8.80. The van der Waals surface area contributed by atoms with Crippen LogP contribution in [0.3, 0.4) is 0 Å². The number of carboxylic acid groups (broad SMARTS) is 4. The smallest absolute Gasteiger partial charge is 0.548 e. The van der Waals surface area contributed by atoms with Crippen molar-refractivity contribution in [1.29, 1.82) is 0 Å². The molecule has 0 fully saturated rings. The van der Waals surface area contributed by atoms with E-state index in [1.54, 1.807) is 0 Å². The van der Waals surface area contributed by atoms with Gasteiger partial charge in [-0.2, -0.15) is 0 Å². The first kappa shape index (κ1) is 40.0. The summed E-state index contributed by atoms with van der Waals surface area (Å²) in [5, 5.41) is 62.9.